The Balaban J connectivity index is 2.35. The van der Waals surface area contributed by atoms with Crippen molar-refractivity contribution in [1.82, 2.24) is 0 Å². The highest BCUT2D eigenvalue weighted by atomic mass is 35.5. The van der Waals surface area contributed by atoms with Gasteiger partial charge in [0.2, 0.25) is 5.78 Å². The van der Waals surface area contributed by atoms with Crippen molar-refractivity contribution in [3.63, 3.8) is 0 Å². The quantitative estimate of drug-likeness (QED) is 0.693. The van der Waals surface area contributed by atoms with E-state index in [1.807, 2.05) is 30.3 Å². The number of ketones is 1. The Kier molecular flexibility index (Phi) is 2.44. The van der Waals surface area contributed by atoms with Crippen LogP contribution >= 0.6 is 34.8 Å². The lowest BCUT2D eigenvalue weighted by atomic mass is 9.97. The van der Waals surface area contributed by atoms with E-state index in [1.54, 1.807) is 0 Å². The molecule has 0 fully saturated rings. The first kappa shape index (κ1) is 11.1. The van der Waals surface area contributed by atoms with Crippen molar-refractivity contribution in [2.75, 3.05) is 0 Å². The van der Waals surface area contributed by atoms with E-state index < -0.39 is 5.78 Å². The molecular formula is C13H5Cl3O. The largest absolute Gasteiger partial charge is 0.287 e. The van der Waals surface area contributed by atoms with Crippen LogP contribution in [0.15, 0.2) is 44.9 Å². The normalized spacial score (nSPS) is 18.3. The third kappa shape index (κ3) is 1.43. The third-order valence-electron chi connectivity index (χ3n) is 2.85. The van der Waals surface area contributed by atoms with Gasteiger partial charge in [-0.15, -0.1) is 0 Å². The summed E-state index contributed by atoms with van der Waals surface area (Å²) in [5, 5.41) is 0.391. The van der Waals surface area contributed by atoms with E-state index in [2.05, 4.69) is 0 Å². The Labute approximate surface area is 113 Å². The van der Waals surface area contributed by atoms with Crippen LogP contribution < -0.4 is 0 Å². The van der Waals surface area contributed by atoms with Crippen LogP contribution in [0.5, 0.6) is 0 Å². The van der Waals surface area contributed by atoms with Crippen LogP contribution in [0, 0.1) is 0 Å². The maximum Gasteiger partial charge on any atom is 0.217 e. The molecule has 1 aromatic carbocycles. The second kappa shape index (κ2) is 3.74. The molecular weight excluding hydrogens is 279 g/mol. The summed E-state index contributed by atoms with van der Waals surface area (Å²) in [5.41, 5.74) is 3.32. The minimum Gasteiger partial charge on any atom is -0.287 e. The molecule has 4 heteroatoms. The molecule has 0 bridgehead atoms. The number of halogens is 3. The number of hydrogen-bond acceptors (Lipinski definition) is 1. The van der Waals surface area contributed by atoms with Crippen LogP contribution in [-0.2, 0) is 4.79 Å². The molecule has 0 radical (unpaired) electrons. The fraction of sp³-hybridized carbons (Fsp3) is 0. The summed E-state index contributed by atoms with van der Waals surface area (Å²) in [6.45, 7) is 0. The zero-order valence-corrected chi connectivity index (χ0v) is 10.7. The van der Waals surface area contributed by atoms with Gasteiger partial charge in [-0.2, -0.15) is 0 Å². The standard InChI is InChI=1S/C13H5Cl3O/c14-10-8-5-6-3-1-2-4-7(6)9(8)11(15)13(17)12(10)16/h1-5H. The monoisotopic (exact) mass is 282 g/mol. The summed E-state index contributed by atoms with van der Waals surface area (Å²) < 4.78 is 0. The molecule has 84 valence electrons. The molecule has 2 aliphatic carbocycles. The van der Waals surface area contributed by atoms with Gasteiger partial charge >= 0.3 is 0 Å². The second-order valence-electron chi connectivity index (χ2n) is 3.79. The number of rotatable bonds is 0. The SMILES string of the molecule is O=C1C(Cl)=C(Cl)C2=Cc3ccccc3C2=C1Cl. The van der Waals surface area contributed by atoms with Gasteiger partial charge in [-0.25, -0.2) is 0 Å². The van der Waals surface area contributed by atoms with Crippen molar-refractivity contribution >= 4 is 52.2 Å². The fourth-order valence-electron chi connectivity index (χ4n) is 2.06. The molecule has 0 amide bonds. The van der Waals surface area contributed by atoms with Crippen molar-refractivity contribution in [2.24, 2.45) is 0 Å². The first-order valence-corrected chi connectivity index (χ1v) is 6.06. The maximum absolute atomic E-state index is 11.8. The van der Waals surface area contributed by atoms with Crippen LogP contribution in [-0.4, -0.2) is 5.78 Å². The van der Waals surface area contributed by atoms with Crippen LogP contribution in [0.1, 0.15) is 11.1 Å². The van der Waals surface area contributed by atoms with Gasteiger partial charge in [0.25, 0.3) is 0 Å². The molecule has 3 rings (SSSR count). The number of allylic oxidation sites excluding steroid dienone is 5. The van der Waals surface area contributed by atoms with E-state index >= 15 is 0 Å². The van der Waals surface area contributed by atoms with Crippen molar-refractivity contribution < 1.29 is 4.79 Å². The fourth-order valence-corrected chi connectivity index (χ4v) is 2.84. The molecule has 0 saturated carbocycles. The summed E-state index contributed by atoms with van der Waals surface area (Å²) in [6.07, 6.45) is 1.89. The number of fused-ring (bicyclic) bond motifs is 3. The van der Waals surface area contributed by atoms with Crippen molar-refractivity contribution in [3.05, 3.63) is 56.1 Å². The smallest absolute Gasteiger partial charge is 0.217 e. The number of carbonyl (C=O) groups is 1. The van der Waals surface area contributed by atoms with Gasteiger partial charge in [0.05, 0.1) is 10.1 Å². The number of benzene rings is 1. The van der Waals surface area contributed by atoms with Crippen molar-refractivity contribution in [1.29, 1.82) is 0 Å². The Morgan fingerprint density at radius 1 is 0.882 bits per heavy atom. The van der Waals surface area contributed by atoms with Crippen LogP contribution in [0.4, 0.5) is 0 Å². The van der Waals surface area contributed by atoms with Gasteiger partial charge in [0.15, 0.2) is 0 Å². The summed E-state index contributed by atoms with van der Waals surface area (Å²) in [7, 11) is 0. The van der Waals surface area contributed by atoms with E-state index in [0.717, 1.165) is 16.7 Å². The Morgan fingerprint density at radius 2 is 1.59 bits per heavy atom. The number of carbonyl (C=O) groups excluding carboxylic acids is 1. The molecule has 0 unspecified atom stereocenters. The Hall–Kier alpha value is -1.02. The first-order valence-electron chi connectivity index (χ1n) is 4.93. The highest BCUT2D eigenvalue weighted by Gasteiger charge is 2.33. The van der Waals surface area contributed by atoms with Gasteiger partial charge in [-0.05, 0) is 17.2 Å². The molecule has 0 saturated heterocycles. The first-order chi connectivity index (χ1) is 8.11. The van der Waals surface area contributed by atoms with Gasteiger partial charge in [0.1, 0.15) is 5.03 Å². The molecule has 1 nitrogen and oxygen atoms in total. The minimum absolute atomic E-state index is 0.0144. The molecule has 2 aliphatic rings. The average Bonchev–Trinajstić information content (AvgIpc) is 2.73. The molecule has 0 spiro atoms. The third-order valence-corrected chi connectivity index (χ3v) is 4.06. The lowest BCUT2D eigenvalue weighted by Gasteiger charge is -2.15. The van der Waals surface area contributed by atoms with Crippen molar-refractivity contribution in [2.45, 2.75) is 0 Å². The van der Waals surface area contributed by atoms with Crippen molar-refractivity contribution in [3.8, 4) is 0 Å². The van der Waals surface area contributed by atoms with Gasteiger partial charge in [-0.1, -0.05) is 59.1 Å². The van der Waals surface area contributed by atoms with Gasteiger partial charge < -0.3 is 0 Å². The van der Waals surface area contributed by atoms with Crippen LogP contribution in [0.2, 0.25) is 0 Å². The summed E-state index contributed by atoms with van der Waals surface area (Å²) in [6, 6.07) is 7.67. The molecule has 0 atom stereocenters. The molecule has 0 aliphatic heterocycles. The average molecular weight is 284 g/mol. The highest BCUT2D eigenvalue weighted by molar-refractivity contribution is 6.61. The summed E-state index contributed by atoms with van der Waals surface area (Å²) in [4.78, 5) is 11.8. The molecule has 0 heterocycles. The molecule has 0 aromatic heterocycles. The number of Topliss-reactive ketones (excluding diaryl/α,β-unsaturated/α-hetero) is 1. The molecule has 0 N–H and O–H groups in total. The van der Waals surface area contributed by atoms with Crippen LogP contribution in [0.3, 0.4) is 0 Å². The lowest BCUT2D eigenvalue weighted by Crippen LogP contribution is -2.08. The topological polar surface area (TPSA) is 17.1 Å². The Bertz CT molecular complexity index is 650. The highest BCUT2D eigenvalue weighted by Crippen LogP contribution is 2.48. The van der Waals surface area contributed by atoms with E-state index in [9.17, 15) is 4.79 Å². The minimum atomic E-state index is -0.415. The van der Waals surface area contributed by atoms with Gasteiger partial charge in [-0.3, -0.25) is 4.79 Å². The molecule has 17 heavy (non-hydrogen) atoms. The van der Waals surface area contributed by atoms with E-state index in [-0.39, 0.29) is 15.1 Å². The van der Waals surface area contributed by atoms with E-state index in [0.29, 0.717) is 5.57 Å². The lowest BCUT2D eigenvalue weighted by molar-refractivity contribution is -0.111. The van der Waals surface area contributed by atoms with E-state index in [1.165, 1.54) is 0 Å². The second-order valence-corrected chi connectivity index (χ2v) is 4.93. The van der Waals surface area contributed by atoms with Crippen LogP contribution in [0.25, 0.3) is 11.6 Å². The zero-order valence-electron chi connectivity index (χ0n) is 8.43. The zero-order chi connectivity index (χ0) is 12.2. The van der Waals surface area contributed by atoms with E-state index in [4.69, 9.17) is 34.8 Å². The van der Waals surface area contributed by atoms with Gasteiger partial charge in [0, 0.05) is 11.1 Å². The number of hydrogen-bond donors (Lipinski definition) is 0. The maximum atomic E-state index is 11.8. The molecule has 1 aromatic rings. The Morgan fingerprint density at radius 3 is 2.35 bits per heavy atom. The predicted octanol–water partition coefficient (Wildman–Crippen LogP) is 4.31. The summed E-state index contributed by atoms with van der Waals surface area (Å²) >= 11 is 18.0. The summed E-state index contributed by atoms with van der Waals surface area (Å²) in [5.74, 6) is -0.415. The predicted molar refractivity (Wildman–Crippen MR) is 70.9 cm³/mol.